The SMILES string of the molecule is Cc1nnc2c(N3CCCN(S(=O)(=O)C4CC4)CC3)nccn12. The Kier molecular flexibility index (Phi) is 3.49. The van der Waals surface area contributed by atoms with Crippen LogP contribution in [0.25, 0.3) is 5.65 Å². The van der Waals surface area contributed by atoms with Crippen LogP contribution in [0.1, 0.15) is 25.1 Å². The number of aryl methyl sites for hydroxylation is 1. The number of hydrogen-bond acceptors (Lipinski definition) is 6. The Bertz CT molecular complexity index is 829. The summed E-state index contributed by atoms with van der Waals surface area (Å²) in [5.74, 6) is 1.59. The van der Waals surface area contributed by atoms with Crippen LogP contribution in [-0.4, -0.2) is 63.7 Å². The number of rotatable bonds is 3. The fourth-order valence-corrected chi connectivity index (χ4v) is 4.96. The van der Waals surface area contributed by atoms with Gasteiger partial charge in [0, 0.05) is 38.6 Å². The maximum absolute atomic E-state index is 12.4. The Morgan fingerprint density at radius 1 is 1.13 bits per heavy atom. The van der Waals surface area contributed by atoms with Gasteiger partial charge >= 0.3 is 0 Å². The molecule has 8 nitrogen and oxygen atoms in total. The van der Waals surface area contributed by atoms with E-state index in [0.29, 0.717) is 19.6 Å². The van der Waals surface area contributed by atoms with Gasteiger partial charge in [-0.25, -0.2) is 13.4 Å². The van der Waals surface area contributed by atoms with Crippen molar-refractivity contribution < 1.29 is 8.42 Å². The predicted molar refractivity (Wildman–Crippen MR) is 85.9 cm³/mol. The third-order valence-corrected chi connectivity index (χ3v) is 6.94. The van der Waals surface area contributed by atoms with E-state index < -0.39 is 10.0 Å². The monoisotopic (exact) mass is 336 g/mol. The lowest BCUT2D eigenvalue weighted by atomic mass is 10.4. The molecule has 4 rings (SSSR count). The van der Waals surface area contributed by atoms with Gasteiger partial charge in [-0.05, 0) is 26.2 Å². The summed E-state index contributed by atoms with van der Waals surface area (Å²) in [4.78, 5) is 6.57. The first-order valence-electron chi connectivity index (χ1n) is 7.97. The van der Waals surface area contributed by atoms with E-state index in [9.17, 15) is 8.42 Å². The molecule has 2 aliphatic rings. The van der Waals surface area contributed by atoms with E-state index in [-0.39, 0.29) is 5.25 Å². The van der Waals surface area contributed by atoms with Crippen LogP contribution >= 0.6 is 0 Å². The number of sulfonamides is 1. The van der Waals surface area contributed by atoms with Crippen molar-refractivity contribution in [1.29, 1.82) is 0 Å². The van der Waals surface area contributed by atoms with E-state index in [1.807, 2.05) is 17.5 Å². The second-order valence-corrected chi connectivity index (χ2v) is 8.39. The summed E-state index contributed by atoms with van der Waals surface area (Å²) in [7, 11) is -3.10. The summed E-state index contributed by atoms with van der Waals surface area (Å²) in [5.41, 5.74) is 0.725. The van der Waals surface area contributed by atoms with Crippen molar-refractivity contribution in [2.24, 2.45) is 0 Å². The zero-order chi connectivity index (χ0) is 16.0. The largest absolute Gasteiger partial charge is 0.352 e. The Balaban J connectivity index is 1.58. The van der Waals surface area contributed by atoms with E-state index >= 15 is 0 Å². The van der Waals surface area contributed by atoms with Crippen LogP contribution in [-0.2, 0) is 10.0 Å². The molecule has 0 aromatic carbocycles. The first-order chi connectivity index (χ1) is 11.1. The number of hydrogen-bond donors (Lipinski definition) is 0. The highest BCUT2D eigenvalue weighted by Crippen LogP contribution is 2.31. The van der Waals surface area contributed by atoms with Gasteiger partial charge in [-0.3, -0.25) is 4.40 Å². The Hall–Kier alpha value is -1.74. The maximum atomic E-state index is 12.4. The smallest absolute Gasteiger partial charge is 0.217 e. The minimum Gasteiger partial charge on any atom is -0.352 e. The summed E-state index contributed by atoms with van der Waals surface area (Å²) >= 11 is 0. The minimum absolute atomic E-state index is 0.144. The van der Waals surface area contributed by atoms with Crippen molar-refractivity contribution in [1.82, 2.24) is 23.9 Å². The molecule has 0 amide bonds. The van der Waals surface area contributed by atoms with Crippen LogP contribution in [0, 0.1) is 6.92 Å². The van der Waals surface area contributed by atoms with Crippen LogP contribution in [0.15, 0.2) is 12.4 Å². The van der Waals surface area contributed by atoms with E-state index in [1.165, 1.54) is 0 Å². The van der Waals surface area contributed by atoms with Gasteiger partial charge in [0.15, 0.2) is 5.82 Å². The minimum atomic E-state index is -3.10. The standard InChI is InChI=1S/C14H20N6O2S/c1-11-16-17-14-13(15-5-8-20(11)14)18-6-2-7-19(10-9-18)23(21,22)12-3-4-12/h5,8,12H,2-4,6-7,9-10H2,1H3. The zero-order valence-corrected chi connectivity index (χ0v) is 13.9. The van der Waals surface area contributed by atoms with Crippen molar-refractivity contribution in [3.05, 3.63) is 18.2 Å². The summed E-state index contributed by atoms with van der Waals surface area (Å²) in [5, 5.41) is 8.16. The highest BCUT2D eigenvalue weighted by molar-refractivity contribution is 7.90. The summed E-state index contributed by atoms with van der Waals surface area (Å²) in [6, 6.07) is 0. The number of nitrogens with zero attached hydrogens (tertiary/aromatic N) is 6. The highest BCUT2D eigenvalue weighted by Gasteiger charge is 2.40. The predicted octanol–water partition coefficient (Wildman–Crippen LogP) is 0.437. The van der Waals surface area contributed by atoms with Crippen LogP contribution in [0.3, 0.4) is 0 Å². The molecule has 1 aliphatic heterocycles. The molecule has 1 saturated heterocycles. The summed E-state index contributed by atoms with van der Waals surface area (Å²) < 4.78 is 28.4. The fraction of sp³-hybridized carbons (Fsp3) is 0.643. The number of anilines is 1. The molecule has 0 radical (unpaired) electrons. The van der Waals surface area contributed by atoms with Gasteiger partial charge in [-0.2, -0.15) is 4.31 Å². The molecule has 1 saturated carbocycles. The summed E-state index contributed by atoms with van der Waals surface area (Å²) in [6.45, 7) is 4.40. The van der Waals surface area contributed by atoms with Crippen molar-refractivity contribution >= 4 is 21.5 Å². The topological polar surface area (TPSA) is 83.7 Å². The van der Waals surface area contributed by atoms with E-state index in [0.717, 1.165) is 43.1 Å². The molecule has 0 bridgehead atoms. The normalized spacial score (nSPS) is 20.8. The second-order valence-electron chi connectivity index (χ2n) is 6.18. The van der Waals surface area contributed by atoms with Crippen LogP contribution in [0.4, 0.5) is 5.82 Å². The van der Waals surface area contributed by atoms with Crippen LogP contribution < -0.4 is 4.90 Å². The first-order valence-corrected chi connectivity index (χ1v) is 9.48. The van der Waals surface area contributed by atoms with Gasteiger partial charge in [-0.1, -0.05) is 0 Å². The van der Waals surface area contributed by atoms with Gasteiger partial charge in [-0.15, -0.1) is 10.2 Å². The molecule has 124 valence electrons. The van der Waals surface area contributed by atoms with Gasteiger partial charge in [0.2, 0.25) is 15.7 Å². The lowest BCUT2D eigenvalue weighted by Crippen LogP contribution is -2.37. The van der Waals surface area contributed by atoms with Crippen molar-refractivity contribution in [3.8, 4) is 0 Å². The second kappa shape index (κ2) is 5.41. The fourth-order valence-electron chi connectivity index (χ4n) is 3.09. The van der Waals surface area contributed by atoms with E-state index in [1.54, 1.807) is 10.5 Å². The lowest BCUT2D eigenvalue weighted by molar-refractivity contribution is 0.432. The van der Waals surface area contributed by atoms with Gasteiger partial charge in [0.25, 0.3) is 0 Å². The maximum Gasteiger partial charge on any atom is 0.217 e. The average molecular weight is 336 g/mol. The molecular formula is C14H20N6O2S. The van der Waals surface area contributed by atoms with E-state index in [2.05, 4.69) is 20.1 Å². The number of fused-ring (bicyclic) bond motifs is 1. The van der Waals surface area contributed by atoms with Crippen molar-refractivity contribution in [2.45, 2.75) is 31.4 Å². The highest BCUT2D eigenvalue weighted by atomic mass is 32.2. The molecule has 3 heterocycles. The molecule has 1 aliphatic carbocycles. The van der Waals surface area contributed by atoms with Crippen LogP contribution in [0.2, 0.25) is 0 Å². The molecule has 2 aromatic heterocycles. The van der Waals surface area contributed by atoms with Gasteiger partial charge in [0.1, 0.15) is 5.82 Å². The molecule has 2 aromatic rings. The summed E-state index contributed by atoms with van der Waals surface area (Å²) in [6.07, 6.45) is 5.99. The molecule has 0 atom stereocenters. The van der Waals surface area contributed by atoms with Crippen molar-refractivity contribution in [2.75, 3.05) is 31.1 Å². The third-order valence-electron chi connectivity index (χ3n) is 4.54. The van der Waals surface area contributed by atoms with Crippen molar-refractivity contribution in [3.63, 3.8) is 0 Å². The molecule has 0 unspecified atom stereocenters. The van der Waals surface area contributed by atoms with Gasteiger partial charge < -0.3 is 4.90 Å². The molecule has 0 spiro atoms. The molecule has 9 heteroatoms. The quantitative estimate of drug-likeness (QED) is 0.808. The lowest BCUT2D eigenvalue weighted by Gasteiger charge is -2.22. The van der Waals surface area contributed by atoms with Crippen LogP contribution in [0.5, 0.6) is 0 Å². The zero-order valence-electron chi connectivity index (χ0n) is 13.1. The number of aromatic nitrogens is 4. The van der Waals surface area contributed by atoms with Gasteiger partial charge in [0.05, 0.1) is 5.25 Å². The first kappa shape index (κ1) is 14.8. The average Bonchev–Trinajstić information content (AvgIpc) is 3.35. The molecule has 2 fully saturated rings. The molecule has 0 N–H and O–H groups in total. The Labute approximate surface area is 135 Å². The Morgan fingerprint density at radius 3 is 2.74 bits per heavy atom. The Morgan fingerprint density at radius 2 is 1.96 bits per heavy atom. The third kappa shape index (κ3) is 2.57. The van der Waals surface area contributed by atoms with E-state index in [4.69, 9.17) is 0 Å². The molecular weight excluding hydrogens is 316 g/mol. The molecule has 23 heavy (non-hydrogen) atoms.